The van der Waals surface area contributed by atoms with Crippen LogP contribution in [0.1, 0.15) is 36.2 Å². The molecule has 7 nitrogen and oxygen atoms in total. The van der Waals surface area contributed by atoms with Crippen LogP contribution >= 0.6 is 11.6 Å². The number of hydrogen-bond acceptors (Lipinski definition) is 4. The third-order valence-electron chi connectivity index (χ3n) is 4.27. The molecular formula is C16H17ClN4O3. The fourth-order valence-electron chi connectivity index (χ4n) is 2.94. The van der Waals surface area contributed by atoms with Gasteiger partial charge in [-0.2, -0.15) is 0 Å². The fourth-order valence-corrected chi connectivity index (χ4v) is 3.15. The minimum absolute atomic E-state index is 0.0392. The monoisotopic (exact) mass is 348 g/mol. The average Bonchev–Trinajstić information content (AvgIpc) is 3.05. The van der Waals surface area contributed by atoms with Crippen LogP contribution in [-0.4, -0.2) is 38.0 Å². The van der Waals surface area contributed by atoms with E-state index in [1.165, 1.54) is 10.9 Å². The molecule has 1 fully saturated rings. The number of carboxylic acids is 1. The van der Waals surface area contributed by atoms with Crippen LogP contribution < -0.4 is 5.32 Å². The number of benzene rings is 1. The summed E-state index contributed by atoms with van der Waals surface area (Å²) < 4.78 is 1.40. The number of amides is 1. The van der Waals surface area contributed by atoms with Crippen LogP contribution in [0.4, 0.5) is 0 Å². The molecule has 0 saturated heterocycles. The molecule has 1 amide bonds. The number of nitrogens with zero attached hydrogens (tertiary/aromatic N) is 3. The Hall–Kier alpha value is -2.41. The number of rotatable bonds is 4. The van der Waals surface area contributed by atoms with E-state index in [9.17, 15) is 9.59 Å². The summed E-state index contributed by atoms with van der Waals surface area (Å²) in [5.41, 5.74) is 0.875. The Morgan fingerprint density at radius 1 is 1.21 bits per heavy atom. The van der Waals surface area contributed by atoms with Gasteiger partial charge in [0.25, 0.3) is 5.91 Å². The zero-order valence-electron chi connectivity index (χ0n) is 12.9. The van der Waals surface area contributed by atoms with Crippen LogP contribution in [0.5, 0.6) is 0 Å². The SMILES string of the molecule is O=C(NC1CCC(C(=O)O)CC1)c1cnnn1-c1ccccc1Cl. The van der Waals surface area contributed by atoms with Gasteiger partial charge in [-0.1, -0.05) is 28.9 Å². The van der Waals surface area contributed by atoms with Crippen molar-refractivity contribution in [3.05, 3.63) is 41.2 Å². The minimum atomic E-state index is -0.763. The highest BCUT2D eigenvalue weighted by molar-refractivity contribution is 6.32. The van der Waals surface area contributed by atoms with Crippen LogP contribution in [-0.2, 0) is 4.79 Å². The van der Waals surface area contributed by atoms with Gasteiger partial charge in [0.1, 0.15) is 0 Å². The van der Waals surface area contributed by atoms with E-state index in [4.69, 9.17) is 16.7 Å². The molecule has 126 valence electrons. The van der Waals surface area contributed by atoms with Crippen LogP contribution in [0.25, 0.3) is 5.69 Å². The summed E-state index contributed by atoms with van der Waals surface area (Å²) >= 11 is 6.15. The third-order valence-corrected chi connectivity index (χ3v) is 4.59. The smallest absolute Gasteiger partial charge is 0.306 e. The maximum atomic E-state index is 12.5. The molecule has 8 heteroatoms. The van der Waals surface area contributed by atoms with Gasteiger partial charge in [0.15, 0.2) is 5.69 Å². The molecule has 1 aromatic heterocycles. The van der Waals surface area contributed by atoms with E-state index in [0.717, 1.165) is 0 Å². The molecule has 1 aromatic carbocycles. The number of carbonyl (C=O) groups is 2. The lowest BCUT2D eigenvalue weighted by Gasteiger charge is -2.26. The highest BCUT2D eigenvalue weighted by Crippen LogP contribution is 2.25. The quantitative estimate of drug-likeness (QED) is 0.883. The molecule has 0 spiro atoms. The molecule has 1 aliphatic rings. The third kappa shape index (κ3) is 3.41. The van der Waals surface area contributed by atoms with Crippen LogP contribution in [0.2, 0.25) is 5.02 Å². The van der Waals surface area contributed by atoms with E-state index in [1.807, 2.05) is 0 Å². The number of carboxylic acid groups (broad SMARTS) is 1. The molecule has 2 N–H and O–H groups in total. The van der Waals surface area contributed by atoms with Gasteiger partial charge in [0, 0.05) is 6.04 Å². The molecule has 3 rings (SSSR count). The van der Waals surface area contributed by atoms with Crippen molar-refractivity contribution in [1.29, 1.82) is 0 Å². The summed E-state index contributed by atoms with van der Waals surface area (Å²) in [6, 6.07) is 7.03. The molecular weight excluding hydrogens is 332 g/mol. The van der Waals surface area contributed by atoms with Gasteiger partial charge in [0.2, 0.25) is 0 Å². The van der Waals surface area contributed by atoms with Crippen molar-refractivity contribution in [2.45, 2.75) is 31.7 Å². The van der Waals surface area contributed by atoms with Gasteiger partial charge in [-0.25, -0.2) is 4.68 Å². The average molecular weight is 349 g/mol. The second kappa shape index (κ2) is 7.00. The van der Waals surface area contributed by atoms with Crippen molar-refractivity contribution in [3.8, 4) is 5.69 Å². The number of nitrogens with one attached hydrogen (secondary N) is 1. The Morgan fingerprint density at radius 3 is 2.58 bits per heavy atom. The Morgan fingerprint density at radius 2 is 1.92 bits per heavy atom. The van der Waals surface area contributed by atoms with Crippen molar-refractivity contribution in [2.24, 2.45) is 5.92 Å². The summed E-state index contributed by atoms with van der Waals surface area (Å²) in [4.78, 5) is 23.5. The second-order valence-electron chi connectivity index (χ2n) is 5.84. The standard InChI is InChI=1S/C16H17ClN4O3/c17-12-3-1-2-4-13(12)21-14(9-18-20-21)15(22)19-11-7-5-10(6-8-11)16(23)24/h1-4,9-11H,5-8H2,(H,19,22)(H,23,24). The molecule has 1 heterocycles. The number of halogens is 1. The van der Waals surface area contributed by atoms with E-state index in [1.54, 1.807) is 24.3 Å². The molecule has 1 saturated carbocycles. The van der Waals surface area contributed by atoms with Crippen LogP contribution in [0.15, 0.2) is 30.5 Å². The predicted molar refractivity (Wildman–Crippen MR) is 87.2 cm³/mol. The maximum absolute atomic E-state index is 12.5. The first-order valence-electron chi connectivity index (χ1n) is 7.75. The minimum Gasteiger partial charge on any atom is -0.481 e. The van der Waals surface area contributed by atoms with E-state index in [0.29, 0.717) is 42.1 Å². The lowest BCUT2D eigenvalue weighted by molar-refractivity contribution is -0.142. The van der Waals surface area contributed by atoms with Crippen molar-refractivity contribution >= 4 is 23.5 Å². The first-order chi connectivity index (χ1) is 11.6. The number of hydrogen-bond donors (Lipinski definition) is 2. The predicted octanol–water partition coefficient (Wildman–Crippen LogP) is 2.29. The Labute approximate surface area is 143 Å². The van der Waals surface area contributed by atoms with E-state index in [-0.39, 0.29) is 17.9 Å². The zero-order chi connectivity index (χ0) is 17.1. The number of aromatic nitrogens is 3. The number of aliphatic carboxylic acids is 1. The second-order valence-corrected chi connectivity index (χ2v) is 6.25. The highest BCUT2D eigenvalue weighted by Gasteiger charge is 2.27. The van der Waals surface area contributed by atoms with E-state index < -0.39 is 5.97 Å². The lowest BCUT2D eigenvalue weighted by atomic mass is 9.86. The van der Waals surface area contributed by atoms with Gasteiger partial charge < -0.3 is 10.4 Å². The van der Waals surface area contributed by atoms with Crippen molar-refractivity contribution in [1.82, 2.24) is 20.3 Å². The highest BCUT2D eigenvalue weighted by atomic mass is 35.5. The van der Waals surface area contributed by atoms with Gasteiger partial charge in [-0.05, 0) is 37.8 Å². The molecule has 0 radical (unpaired) electrons. The summed E-state index contributed by atoms with van der Waals surface area (Å²) in [6.45, 7) is 0. The Kier molecular flexibility index (Phi) is 4.80. The maximum Gasteiger partial charge on any atom is 0.306 e. The molecule has 0 bridgehead atoms. The van der Waals surface area contributed by atoms with Gasteiger partial charge >= 0.3 is 5.97 Å². The van der Waals surface area contributed by atoms with Crippen molar-refractivity contribution in [3.63, 3.8) is 0 Å². The van der Waals surface area contributed by atoms with Gasteiger partial charge in [-0.3, -0.25) is 9.59 Å². The Bertz CT molecular complexity index is 753. The first kappa shape index (κ1) is 16.4. The molecule has 0 atom stereocenters. The fraction of sp³-hybridized carbons (Fsp3) is 0.375. The molecule has 0 unspecified atom stereocenters. The van der Waals surface area contributed by atoms with E-state index in [2.05, 4.69) is 15.6 Å². The van der Waals surface area contributed by atoms with Gasteiger partial charge in [-0.15, -0.1) is 5.10 Å². The first-order valence-corrected chi connectivity index (χ1v) is 8.13. The number of carbonyl (C=O) groups excluding carboxylic acids is 1. The lowest BCUT2D eigenvalue weighted by Crippen LogP contribution is -2.39. The molecule has 1 aliphatic carbocycles. The summed E-state index contributed by atoms with van der Waals surface area (Å²) in [6.07, 6.45) is 3.83. The summed E-state index contributed by atoms with van der Waals surface area (Å²) in [7, 11) is 0. The van der Waals surface area contributed by atoms with Crippen LogP contribution in [0.3, 0.4) is 0 Å². The number of para-hydroxylation sites is 1. The normalized spacial score (nSPS) is 20.5. The molecule has 24 heavy (non-hydrogen) atoms. The molecule has 0 aliphatic heterocycles. The zero-order valence-corrected chi connectivity index (χ0v) is 13.6. The largest absolute Gasteiger partial charge is 0.481 e. The summed E-state index contributed by atoms with van der Waals surface area (Å²) in [5, 5.41) is 20.2. The van der Waals surface area contributed by atoms with E-state index >= 15 is 0 Å². The van der Waals surface area contributed by atoms with Crippen molar-refractivity contribution in [2.75, 3.05) is 0 Å². The van der Waals surface area contributed by atoms with Crippen LogP contribution in [0, 0.1) is 5.92 Å². The summed E-state index contributed by atoms with van der Waals surface area (Å²) in [5.74, 6) is -1.37. The Balaban J connectivity index is 1.70. The van der Waals surface area contributed by atoms with Gasteiger partial charge in [0.05, 0.1) is 22.8 Å². The van der Waals surface area contributed by atoms with Crippen molar-refractivity contribution < 1.29 is 14.7 Å². The molecule has 2 aromatic rings. The topological polar surface area (TPSA) is 97.1 Å².